The summed E-state index contributed by atoms with van der Waals surface area (Å²) in [7, 11) is 1.93. The number of fused-ring (bicyclic) bond motifs is 1. The molecule has 0 saturated carbocycles. The summed E-state index contributed by atoms with van der Waals surface area (Å²) in [6, 6.07) is 1.72. The number of aryl methyl sites for hydroxylation is 1. The molecule has 2 amide bonds. The fraction of sp³-hybridized carbons (Fsp3) is 0.467. The lowest BCUT2D eigenvalue weighted by atomic mass is 9.99. The summed E-state index contributed by atoms with van der Waals surface area (Å²) in [5.41, 5.74) is 8.59. The van der Waals surface area contributed by atoms with Crippen molar-refractivity contribution in [1.82, 2.24) is 29.8 Å². The normalized spacial score (nSPS) is 15.0. The van der Waals surface area contributed by atoms with Crippen molar-refractivity contribution in [3.63, 3.8) is 0 Å². The molecule has 1 aliphatic rings. The number of ether oxygens (including phenoxy) is 1. The second-order valence-electron chi connectivity index (χ2n) is 11.5. The molecule has 1 fully saturated rings. The number of halogens is 5. The van der Waals surface area contributed by atoms with E-state index in [1.807, 2.05) is 14.0 Å². The molecule has 0 bridgehead atoms. The highest BCUT2D eigenvalue weighted by Gasteiger charge is 2.39. The Labute approximate surface area is 275 Å². The second kappa shape index (κ2) is 14.3. The van der Waals surface area contributed by atoms with Crippen LogP contribution in [0.2, 0.25) is 5.02 Å². The van der Waals surface area contributed by atoms with Gasteiger partial charge in [0, 0.05) is 44.3 Å². The first-order valence-electron chi connectivity index (χ1n) is 14.9. The van der Waals surface area contributed by atoms with Gasteiger partial charge in [-0.1, -0.05) is 18.5 Å². The van der Waals surface area contributed by atoms with Gasteiger partial charge in [-0.2, -0.15) is 23.1 Å². The van der Waals surface area contributed by atoms with Crippen LogP contribution in [0.15, 0.2) is 24.0 Å². The lowest BCUT2D eigenvalue weighted by Crippen LogP contribution is -2.54. The Morgan fingerprint density at radius 3 is 2.45 bits per heavy atom. The smallest absolute Gasteiger partial charge is 0.418 e. The SMILES string of the molecule is CCCN(C)CC(C)Oc1nc(N2CCN(C(=O)N(N)/C(C)=C\N)CC2)c2cc(Cl)c(-c3nc(N)cc(C)c3C(F)(F)F)c(F)c2n1. The first-order chi connectivity index (χ1) is 22.1. The van der Waals surface area contributed by atoms with Crippen LogP contribution in [0, 0.1) is 12.7 Å². The van der Waals surface area contributed by atoms with Gasteiger partial charge in [0.2, 0.25) is 0 Å². The molecular formula is C30H39ClF4N10O2. The van der Waals surface area contributed by atoms with Crippen LogP contribution in [0.5, 0.6) is 6.01 Å². The number of nitrogens with zero attached hydrogens (tertiary/aromatic N) is 7. The summed E-state index contributed by atoms with van der Waals surface area (Å²) < 4.78 is 65.3. The number of hydrazine groups is 1. The summed E-state index contributed by atoms with van der Waals surface area (Å²) in [6.45, 7) is 8.91. The standard InChI is InChI=1S/C30H39ClF4N10O2/c1-6-7-42(5)15-18(4)47-28-40-25-19(27(41-28)43-8-10-44(11-9-43)29(46)45(38)17(3)14-36)13-20(31)22(24(25)32)26-23(30(33,34)35)16(2)12-21(37)39-26/h12-14,18H,6-11,15,36,38H2,1-5H3,(H2,37,39)/b17-14-. The van der Waals surface area contributed by atoms with Crippen molar-refractivity contribution in [3.05, 3.63) is 46.0 Å². The van der Waals surface area contributed by atoms with E-state index in [0.717, 1.165) is 24.0 Å². The minimum atomic E-state index is -4.88. The molecule has 17 heteroatoms. The number of carbonyl (C=O) groups is 1. The number of nitrogen functional groups attached to an aromatic ring is 1. The average molecular weight is 683 g/mol. The molecule has 3 heterocycles. The van der Waals surface area contributed by atoms with Crippen LogP contribution in [0.1, 0.15) is 38.3 Å². The third-order valence-corrected chi connectivity index (χ3v) is 8.05. The summed E-state index contributed by atoms with van der Waals surface area (Å²) in [5.74, 6) is 4.74. The maximum atomic E-state index is 16.6. The molecule has 1 aromatic carbocycles. The van der Waals surface area contributed by atoms with Crippen molar-refractivity contribution in [3.8, 4) is 17.3 Å². The fourth-order valence-corrected chi connectivity index (χ4v) is 5.81. The monoisotopic (exact) mass is 682 g/mol. The molecule has 1 aliphatic heterocycles. The number of urea groups is 1. The van der Waals surface area contributed by atoms with Gasteiger partial charge in [0.15, 0.2) is 5.82 Å². The lowest BCUT2D eigenvalue weighted by molar-refractivity contribution is -0.137. The molecule has 0 radical (unpaired) electrons. The number of nitrogens with two attached hydrogens (primary N) is 3. The van der Waals surface area contributed by atoms with E-state index in [-0.39, 0.29) is 65.3 Å². The van der Waals surface area contributed by atoms with E-state index in [1.54, 1.807) is 18.7 Å². The van der Waals surface area contributed by atoms with Gasteiger partial charge in [-0.05, 0) is 58.5 Å². The molecule has 1 unspecified atom stereocenters. The minimum Gasteiger partial charge on any atom is -0.459 e. The minimum absolute atomic E-state index is 0.135. The highest BCUT2D eigenvalue weighted by atomic mass is 35.5. The number of hydrogen-bond donors (Lipinski definition) is 3. The number of rotatable bonds is 9. The van der Waals surface area contributed by atoms with Crippen molar-refractivity contribution in [1.29, 1.82) is 0 Å². The first kappa shape index (κ1) is 35.7. The van der Waals surface area contributed by atoms with Gasteiger partial charge in [-0.25, -0.2) is 25.0 Å². The van der Waals surface area contributed by atoms with Crippen LogP contribution in [-0.4, -0.2) is 88.2 Å². The molecule has 6 N–H and O–H groups in total. The summed E-state index contributed by atoms with van der Waals surface area (Å²) in [5, 5.41) is 0.731. The van der Waals surface area contributed by atoms with Gasteiger partial charge in [0.25, 0.3) is 0 Å². The zero-order valence-corrected chi connectivity index (χ0v) is 27.6. The maximum Gasteiger partial charge on any atom is 0.418 e. The third kappa shape index (κ3) is 7.71. The molecule has 1 saturated heterocycles. The van der Waals surface area contributed by atoms with E-state index in [4.69, 9.17) is 33.6 Å². The Morgan fingerprint density at radius 1 is 1.19 bits per heavy atom. The Bertz CT molecular complexity index is 1660. The van der Waals surface area contributed by atoms with Gasteiger partial charge in [0.1, 0.15) is 23.3 Å². The zero-order chi connectivity index (χ0) is 34.8. The predicted molar refractivity (Wildman–Crippen MR) is 173 cm³/mol. The van der Waals surface area contributed by atoms with Crippen LogP contribution in [0.4, 0.5) is 34.0 Å². The van der Waals surface area contributed by atoms with Crippen molar-refractivity contribution in [2.24, 2.45) is 11.6 Å². The molecule has 47 heavy (non-hydrogen) atoms. The fourth-order valence-electron chi connectivity index (χ4n) is 5.53. The van der Waals surface area contributed by atoms with E-state index < -0.39 is 40.9 Å². The van der Waals surface area contributed by atoms with Crippen LogP contribution in [-0.2, 0) is 6.18 Å². The molecule has 0 spiro atoms. The Morgan fingerprint density at radius 2 is 1.85 bits per heavy atom. The lowest BCUT2D eigenvalue weighted by Gasteiger charge is -2.37. The van der Waals surface area contributed by atoms with E-state index in [0.29, 0.717) is 12.2 Å². The van der Waals surface area contributed by atoms with E-state index in [1.165, 1.54) is 24.1 Å². The second-order valence-corrected chi connectivity index (χ2v) is 11.9. The zero-order valence-electron chi connectivity index (χ0n) is 26.8. The summed E-state index contributed by atoms with van der Waals surface area (Å²) in [6.07, 6.45) is -3.17. The van der Waals surface area contributed by atoms with Gasteiger partial charge < -0.3 is 30.9 Å². The highest BCUT2D eigenvalue weighted by Crippen LogP contribution is 2.44. The Hall–Kier alpha value is -4.15. The number of pyridine rings is 1. The summed E-state index contributed by atoms with van der Waals surface area (Å²) >= 11 is 6.55. The number of alkyl halides is 3. The van der Waals surface area contributed by atoms with Gasteiger partial charge in [-0.3, -0.25) is 0 Å². The number of amides is 2. The third-order valence-electron chi connectivity index (χ3n) is 7.76. The number of allylic oxidation sites excluding steroid dienone is 1. The number of carbonyl (C=O) groups excluding carboxylic acids is 1. The Kier molecular flexibility index (Phi) is 10.9. The van der Waals surface area contributed by atoms with Crippen molar-refractivity contribution >= 4 is 40.2 Å². The number of benzene rings is 1. The molecule has 256 valence electrons. The summed E-state index contributed by atoms with van der Waals surface area (Å²) in [4.78, 5) is 31.0. The van der Waals surface area contributed by atoms with Crippen LogP contribution >= 0.6 is 11.6 Å². The molecular weight excluding hydrogens is 644 g/mol. The molecule has 0 aliphatic carbocycles. The molecule has 2 aromatic heterocycles. The van der Waals surface area contributed by atoms with E-state index in [9.17, 15) is 18.0 Å². The number of hydrogen-bond acceptors (Lipinski definition) is 10. The van der Waals surface area contributed by atoms with E-state index >= 15 is 4.39 Å². The molecule has 4 rings (SSSR count). The quantitative estimate of drug-likeness (QED) is 0.125. The molecule has 3 aromatic rings. The van der Waals surface area contributed by atoms with E-state index in [2.05, 4.69) is 19.9 Å². The molecule has 12 nitrogen and oxygen atoms in total. The number of piperazine rings is 1. The van der Waals surface area contributed by atoms with Gasteiger partial charge in [-0.15, -0.1) is 0 Å². The van der Waals surface area contributed by atoms with Crippen LogP contribution in [0.25, 0.3) is 22.2 Å². The highest BCUT2D eigenvalue weighted by molar-refractivity contribution is 6.34. The first-order valence-corrected chi connectivity index (χ1v) is 15.3. The van der Waals surface area contributed by atoms with Crippen molar-refractivity contribution < 1.29 is 27.1 Å². The number of anilines is 2. The topological polar surface area (TPSA) is 156 Å². The average Bonchev–Trinajstić information content (AvgIpc) is 2.99. The van der Waals surface area contributed by atoms with Crippen molar-refractivity contribution in [2.45, 2.75) is 46.4 Å². The predicted octanol–water partition coefficient (Wildman–Crippen LogP) is 4.74. The number of aromatic nitrogens is 3. The number of likely N-dealkylation sites (N-methyl/N-ethyl adjacent to an activating group) is 1. The molecule has 1 atom stereocenters. The largest absolute Gasteiger partial charge is 0.459 e. The van der Waals surface area contributed by atoms with Crippen LogP contribution in [0.3, 0.4) is 0 Å². The van der Waals surface area contributed by atoms with Gasteiger partial charge >= 0.3 is 18.2 Å². The Balaban J connectivity index is 1.84. The van der Waals surface area contributed by atoms with Crippen molar-refractivity contribution in [2.75, 3.05) is 56.9 Å². The van der Waals surface area contributed by atoms with Crippen LogP contribution < -0.4 is 26.9 Å². The maximum absolute atomic E-state index is 16.6. The van der Waals surface area contributed by atoms with Gasteiger partial charge in [0.05, 0.1) is 27.5 Å².